The van der Waals surface area contributed by atoms with Crippen LogP contribution in [0.1, 0.15) is 29.1 Å². The molecule has 0 radical (unpaired) electrons. The van der Waals surface area contributed by atoms with Crippen LogP contribution < -0.4 is 14.4 Å². The molecule has 9 heteroatoms. The Morgan fingerprint density at radius 3 is 2.58 bits per heavy atom. The fourth-order valence-corrected chi connectivity index (χ4v) is 3.75. The van der Waals surface area contributed by atoms with Gasteiger partial charge in [0.05, 0.1) is 37.3 Å². The number of Topliss-reactive ketones (excluding diaryl/α,β-unsaturated/α-hetero) is 1. The lowest BCUT2D eigenvalue weighted by Crippen LogP contribution is -2.31. The third kappa shape index (κ3) is 3.82. The van der Waals surface area contributed by atoms with Crippen LogP contribution in [0.2, 0.25) is 0 Å². The minimum absolute atomic E-state index is 0.116. The second-order valence-electron chi connectivity index (χ2n) is 7.09. The van der Waals surface area contributed by atoms with Crippen molar-refractivity contribution in [2.75, 3.05) is 18.6 Å². The van der Waals surface area contributed by atoms with Crippen molar-refractivity contribution in [1.29, 1.82) is 0 Å². The maximum Gasteiger partial charge on any atom is 0.294 e. The zero-order valence-corrected chi connectivity index (χ0v) is 17.7. The number of methoxy groups -OCH3 is 1. The van der Waals surface area contributed by atoms with Gasteiger partial charge in [0.25, 0.3) is 5.91 Å². The Kier molecular flexibility index (Phi) is 5.87. The van der Waals surface area contributed by atoms with Crippen LogP contribution in [-0.2, 0) is 4.79 Å². The summed E-state index contributed by atoms with van der Waals surface area (Å²) in [4.78, 5) is 27.2. The normalized spacial score (nSPS) is 15.8. The molecule has 7 nitrogen and oxygen atoms in total. The van der Waals surface area contributed by atoms with E-state index in [0.717, 1.165) is 17.0 Å². The Balaban J connectivity index is 1.92. The molecule has 1 aromatic heterocycles. The van der Waals surface area contributed by atoms with Gasteiger partial charge in [-0.1, -0.05) is 6.07 Å². The lowest BCUT2D eigenvalue weighted by atomic mass is 9.94. The van der Waals surface area contributed by atoms with Gasteiger partial charge in [0.15, 0.2) is 23.0 Å². The molecule has 1 atom stereocenters. The molecule has 33 heavy (non-hydrogen) atoms. The monoisotopic (exact) mass is 455 g/mol. The van der Waals surface area contributed by atoms with Gasteiger partial charge in [-0.2, -0.15) is 0 Å². The number of rotatable bonds is 7. The first kappa shape index (κ1) is 22.1. The average Bonchev–Trinajstić information content (AvgIpc) is 3.42. The van der Waals surface area contributed by atoms with E-state index in [1.165, 1.54) is 31.6 Å². The second-order valence-corrected chi connectivity index (χ2v) is 7.09. The third-order valence-corrected chi connectivity index (χ3v) is 5.17. The lowest BCUT2D eigenvalue weighted by molar-refractivity contribution is -0.117. The Labute approximate surface area is 187 Å². The molecule has 0 spiro atoms. The second kappa shape index (κ2) is 8.78. The van der Waals surface area contributed by atoms with E-state index in [4.69, 9.17) is 13.9 Å². The Morgan fingerprint density at radius 1 is 1.15 bits per heavy atom. The molecular weight excluding hydrogens is 436 g/mol. The summed E-state index contributed by atoms with van der Waals surface area (Å²) in [5, 5.41) is 10.7. The van der Waals surface area contributed by atoms with Crippen molar-refractivity contribution in [3.05, 3.63) is 89.1 Å². The minimum atomic E-state index is -1.25. The number of amides is 1. The fraction of sp³-hybridized carbons (Fsp3) is 0.167. The molecule has 3 aromatic rings. The van der Waals surface area contributed by atoms with E-state index in [1.54, 1.807) is 19.1 Å². The van der Waals surface area contributed by atoms with Gasteiger partial charge in [-0.3, -0.25) is 14.5 Å². The quantitative estimate of drug-likeness (QED) is 0.518. The van der Waals surface area contributed by atoms with E-state index in [0.29, 0.717) is 29.7 Å². The number of furan rings is 1. The number of nitrogens with zero attached hydrogens (tertiary/aromatic N) is 1. The van der Waals surface area contributed by atoms with Crippen molar-refractivity contribution in [3.8, 4) is 11.5 Å². The van der Waals surface area contributed by atoms with Gasteiger partial charge in [0.1, 0.15) is 11.6 Å². The number of anilines is 1. The molecular formula is C24H19F2NO6. The maximum atomic E-state index is 14.7. The Bertz CT molecular complexity index is 1250. The van der Waals surface area contributed by atoms with Crippen molar-refractivity contribution >= 4 is 17.4 Å². The number of carbonyl (C=O) groups is 2. The summed E-state index contributed by atoms with van der Waals surface area (Å²) in [5.41, 5.74) is -0.296. The van der Waals surface area contributed by atoms with Crippen molar-refractivity contribution < 1.29 is 37.4 Å². The standard InChI is InChI=1S/C24H19F2NO6/c1-3-32-19-11-13(6-9-17(19)31-2)21-20(22(28)18-5-4-10-33-18)23(29)24(30)27(21)16-8-7-14(25)12-15(16)26/h4-12,21,29H,3H2,1-2H3. The van der Waals surface area contributed by atoms with E-state index < -0.39 is 35.1 Å². The smallest absolute Gasteiger partial charge is 0.294 e. The molecule has 0 saturated carbocycles. The summed E-state index contributed by atoms with van der Waals surface area (Å²) in [6.07, 6.45) is 1.27. The number of aliphatic hydroxyl groups is 1. The summed E-state index contributed by atoms with van der Waals surface area (Å²) in [5.74, 6) is -3.91. The van der Waals surface area contributed by atoms with Gasteiger partial charge in [0.2, 0.25) is 5.78 Å². The van der Waals surface area contributed by atoms with Gasteiger partial charge >= 0.3 is 0 Å². The van der Waals surface area contributed by atoms with Gasteiger partial charge in [-0.15, -0.1) is 0 Å². The third-order valence-electron chi connectivity index (χ3n) is 5.17. The van der Waals surface area contributed by atoms with Gasteiger partial charge in [0, 0.05) is 6.07 Å². The predicted octanol–water partition coefficient (Wildman–Crippen LogP) is 4.75. The molecule has 1 unspecified atom stereocenters. The van der Waals surface area contributed by atoms with Crippen molar-refractivity contribution in [1.82, 2.24) is 0 Å². The first-order chi connectivity index (χ1) is 15.9. The van der Waals surface area contributed by atoms with Crippen LogP contribution in [0.4, 0.5) is 14.5 Å². The molecule has 1 amide bonds. The topological polar surface area (TPSA) is 89.2 Å². The highest BCUT2D eigenvalue weighted by Gasteiger charge is 2.46. The van der Waals surface area contributed by atoms with Crippen molar-refractivity contribution in [3.63, 3.8) is 0 Å². The fourth-order valence-electron chi connectivity index (χ4n) is 3.75. The van der Waals surface area contributed by atoms with Crippen LogP contribution in [0, 0.1) is 11.6 Å². The lowest BCUT2D eigenvalue weighted by Gasteiger charge is -2.27. The summed E-state index contributed by atoms with van der Waals surface area (Å²) < 4.78 is 44.3. The molecule has 170 valence electrons. The summed E-state index contributed by atoms with van der Waals surface area (Å²) in [6, 6.07) is 8.92. The summed E-state index contributed by atoms with van der Waals surface area (Å²) in [6.45, 7) is 2.07. The van der Waals surface area contributed by atoms with E-state index in [-0.39, 0.29) is 17.0 Å². The maximum absolute atomic E-state index is 14.7. The molecule has 2 aromatic carbocycles. The number of aliphatic hydroxyl groups excluding tert-OH is 1. The molecule has 0 fully saturated rings. The first-order valence-electron chi connectivity index (χ1n) is 9.98. The molecule has 0 aliphatic carbocycles. The SMILES string of the molecule is CCOc1cc(C2C(C(=O)c3ccco3)=C(O)C(=O)N2c2ccc(F)cc2F)ccc1OC. The van der Waals surface area contributed by atoms with Gasteiger partial charge in [-0.25, -0.2) is 8.78 Å². The molecule has 1 aliphatic heterocycles. The molecule has 1 N–H and O–H groups in total. The highest BCUT2D eigenvalue weighted by Crippen LogP contribution is 2.44. The highest BCUT2D eigenvalue weighted by molar-refractivity contribution is 6.20. The number of ether oxygens (including phenoxy) is 2. The van der Waals surface area contributed by atoms with Crippen LogP contribution in [0.3, 0.4) is 0 Å². The number of hydrogen-bond donors (Lipinski definition) is 1. The van der Waals surface area contributed by atoms with E-state index in [1.807, 2.05) is 0 Å². The van der Waals surface area contributed by atoms with Crippen LogP contribution >= 0.6 is 0 Å². The Hall–Kier alpha value is -4.14. The zero-order chi connectivity index (χ0) is 23.7. The number of benzene rings is 2. The number of hydrogen-bond acceptors (Lipinski definition) is 6. The number of carbonyl (C=O) groups excluding carboxylic acids is 2. The average molecular weight is 455 g/mol. The molecule has 0 bridgehead atoms. The van der Waals surface area contributed by atoms with Crippen LogP contribution in [-0.4, -0.2) is 30.5 Å². The van der Waals surface area contributed by atoms with Gasteiger partial charge in [-0.05, 0) is 48.9 Å². The zero-order valence-electron chi connectivity index (χ0n) is 17.7. The summed E-state index contributed by atoms with van der Waals surface area (Å²) >= 11 is 0. The van der Waals surface area contributed by atoms with Gasteiger partial charge < -0.3 is 19.0 Å². The molecule has 2 heterocycles. The molecule has 0 saturated heterocycles. The van der Waals surface area contributed by atoms with E-state index in [2.05, 4.69) is 0 Å². The first-order valence-corrected chi connectivity index (χ1v) is 9.98. The van der Waals surface area contributed by atoms with Crippen LogP contribution in [0.5, 0.6) is 11.5 Å². The van der Waals surface area contributed by atoms with E-state index in [9.17, 15) is 23.5 Å². The number of ketones is 1. The minimum Gasteiger partial charge on any atom is -0.503 e. The van der Waals surface area contributed by atoms with Crippen molar-refractivity contribution in [2.45, 2.75) is 13.0 Å². The predicted molar refractivity (Wildman–Crippen MR) is 113 cm³/mol. The Morgan fingerprint density at radius 2 is 1.94 bits per heavy atom. The van der Waals surface area contributed by atoms with E-state index >= 15 is 0 Å². The van der Waals surface area contributed by atoms with Crippen LogP contribution in [0.15, 0.2) is 70.5 Å². The van der Waals surface area contributed by atoms with Crippen LogP contribution in [0.25, 0.3) is 0 Å². The van der Waals surface area contributed by atoms with Crippen molar-refractivity contribution in [2.24, 2.45) is 0 Å². The highest BCUT2D eigenvalue weighted by atomic mass is 19.1. The molecule has 4 rings (SSSR count). The number of halogens is 2. The summed E-state index contributed by atoms with van der Waals surface area (Å²) in [7, 11) is 1.45. The largest absolute Gasteiger partial charge is 0.503 e. The molecule has 1 aliphatic rings.